The van der Waals surface area contributed by atoms with Gasteiger partial charge in [-0.15, -0.1) is 0 Å². The Morgan fingerprint density at radius 2 is 1.73 bits per heavy atom. The fourth-order valence-electron chi connectivity index (χ4n) is 3.38. The number of rotatable bonds is 9. The molecule has 0 saturated heterocycles. The largest absolute Gasteiger partial charge is 0.447 e. The third kappa shape index (κ3) is 6.92. The second-order valence-electron chi connectivity index (χ2n) is 8.38. The van der Waals surface area contributed by atoms with E-state index in [1.54, 1.807) is 6.07 Å². The number of nitrogens with one attached hydrogen (secondary N) is 1. The van der Waals surface area contributed by atoms with Gasteiger partial charge in [-0.05, 0) is 30.0 Å². The van der Waals surface area contributed by atoms with Crippen molar-refractivity contribution in [1.29, 1.82) is 0 Å². The van der Waals surface area contributed by atoms with Gasteiger partial charge in [0.15, 0.2) is 5.69 Å². The highest BCUT2D eigenvalue weighted by molar-refractivity contribution is 5.91. The Hall–Kier alpha value is -3.13. The minimum Gasteiger partial charge on any atom is -0.447 e. The Kier molecular flexibility index (Phi) is 7.92. The molecule has 0 spiro atoms. The lowest BCUT2D eigenvalue weighted by molar-refractivity contribution is -0.137. The first-order chi connectivity index (χ1) is 15.6. The van der Waals surface area contributed by atoms with E-state index in [1.807, 2.05) is 56.0 Å². The van der Waals surface area contributed by atoms with E-state index in [4.69, 9.17) is 4.42 Å². The van der Waals surface area contributed by atoms with Crippen LogP contribution in [0.4, 0.5) is 13.2 Å². The summed E-state index contributed by atoms with van der Waals surface area (Å²) < 4.78 is 44.9. The van der Waals surface area contributed by atoms with Crippen molar-refractivity contribution >= 4 is 5.91 Å². The molecule has 0 aliphatic rings. The normalized spacial score (nSPS) is 12.8. The number of carbonyl (C=O) groups is 1. The molecule has 1 N–H and O–H groups in total. The molecule has 2 aromatic carbocycles. The van der Waals surface area contributed by atoms with Crippen molar-refractivity contribution in [3.8, 4) is 0 Å². The standard InChI is InChI=1S/C25H28F3N3O2/c1-17(2)18(3)31(14-20-10-7-11-21(12-20)25(26,27)28)15-23-30-22(16-33-23)24(32)29-13-19-8-5-4-6-9-19/h4-12,16-18H,13-15H2,1-3H3,(H,29,32). The van der Waals surface area contributed by atoms with Gasteiger partial charge in [-0.25, -0.2) is 4.98 Å². The Morgan fingerprint density at radius 1 is 1.03 bits per heavy atom. The minimum absolute atomic E-state index is 0.0433. The maximum absolute atomic E-state index is 13.1. The number of nitrogens with zero attached hydrogens (tertiary/aromatic N) is 2. The van der Waals surface area contributed by atoms with Gasteiger partial charge >= 0.3 is 6.18 Å². The lowest BCUT2D eigenvalue weighted by Gasteiger charge is -2.31. The van der Waals surface area contributed by atoms with E-state index >= 15 is 0 Å². The molecule has 5 nitrogen and oxygen atoms in total. The molecule has 1 unspecified atom stereocenters. The zero-order valence-electron chi connectivity index (χ0n) is 18.9. The molecular formula is C25H28F3N3O2. The van der Waals surface area contributed by atoms with E-state index in [1.165, 1.54) is 12.3 Å². The fraction of sp³-hybridized carbons (Fsp3) is 0.360. The van der Waals surface area contributed by atoms with Crippen LogP contribution in [-0.4, -0.2) is 21.8 Å². The molecule has 33 heavy (non-hydrogen) atoms. The van der Waals surface area contributed by atoms with Gasteiger partial charge in [-0.2, -0.15) is 13.2 Å². The molecule has 1 aromatic heterocycles. The average Bonchev–Trinajstić information content (AvgIpc) is 3.25. The van der Waals surface area contributed by atoms with Crippen molar-refractivity contribution in [2.75, 3.05) is 0 Å². The van der Waals surface area contributed by atoms with Gasteiger partial charge in [0.05, 0.1) is 12.1 Å². The van der Waals surface area contributed by atoms with Gasteiger partial charge in [-0.3, -0.25) is 9.69 Å². The van der Waals surface area contributed by atoms with Crippen molar-refractivity contribution < 1.29 is 22.4 Å². The first kappa shape index (κ1) is 24.5. The summed E-state index contributed by atoms with van der Waals surface area (Å²) in [6, 6.07) is 14.9. The zero-order valence-corrected chi connectivity index (χ0v) is 18.9. The molecule has 0 aliphatic carbocycles. The van der Waals surface area contributed by atoms with Crippen LogP contribution in [0.1, 0.15) is 53.8 Å². The van der Waals surface area contributed by atoms with Crippen LogP contribution in [0.5, 0.6) is 0 Å². The van der Waals surface area contributed by atoms with E-state index < -0.39 is 11.7 Å². The van der Waals surface area contributed by atoms with Gasteiger partial charge in [0.1, 0.15) is 6.26 Å². The number of amides is 1. The molecule has 1 amide bonds. The third-order valence-electron chi connectivity index (χ3n) is 5.60. The first-order valence-corrected chi connectivity index (χ1v) is 10.8. The van der Waals surface area contributed by atoms with Gasteiger partial charge in [-0.1, -0.05) is 62.4 Å². The number of alkyl halides is 3. The Morgan fingerprint density at radius 3 is 2.39 bits per heavy atom. The van der Waals surface area contributed by atoms with Crippen molar-refractivity contribution in [1.82, 2.24) is 15.2 Å². The summed E-state index contributed by atoms with van der Waals surface area (Å²) in [5.74, 6) is 0.230. The van der Waals surface area contributed by atoms with E-state index in [9.17, 15) is 18.0 Å². The van der Waals surface area contributed by atoms with E-state index in [2.05, 4.69) is 10.3 Å². The third-order valence-corrected chi connectivity index (χ3v) is 5.60. The lowest BCUT2D eigenvalue weighted by atomic mass is 10.0. The van der Waals surface area contributed by atoms with Crippen LogP contribution in [0.2, 0.25) is 0 Å². The molecule has 1 atom stereocenters. The van der Waals surface area contributed by atoms with Gasteiger partial charge < -0.3 is 9.73 Å². The number of benzene rings is 2. The quantitative estimate of drug-likeness (QED) is 0.448. The topological polar surface area (TPSA) is 58.4 Å². The zero-order chi connectivity index (χ0) is 24.0. The van der Waals surface area contributed by atoms with Crippen molar-refractivity contribution in [3.05, 3.63) is 89.1 Å². The van der Waals surface area contributed by atoms with E-state index in [0.29, 0.717) is 24.5 Å². The highest BCUT2D eigenvalue weighted by Gasteiger charge is 2.30. The van der Waals surface area contributed by atoms with Gasteiger partial charge in [0.2, 0.25) is 5.89 Å². The Labute approximate surface area is 191 Å². The molecule has 3 rings (SSSR count). The molecule has 0 fully saturated rings. The van der Waals surface area contributed by atoms with Crippen LogP contribution in [0.15, 0.2) is 65.3 Å². The van der Waals surface area contributed by atoms with Crippen LogP contribution >= 0.6 is 0 Å². The second kappa shape index (κ2) is 10.7. The SMILES string of the molecule is CC(C)C(C)N(Cc1cccc(C(F)(F)F)c1)Cc1nc(C(=O)NCc2ccccc2)co1. The molecule has 3 aromatic rings. The van der Waals surface area contributed by atoms with E-state index in [0.717, 1.165) is 17.7 Å². The van der Waals surface area contributed by atoms with Crippen molar-refractivity contribution in [2.45, 2.75) is 52.6 Å². The molecule has 0 bridgehead atoms. The number of aromatic nitrogens is 1. The predicted octanol–water partition coefficient (Wildman–Crippen LogP) is 5.67. The number of carbonyl (C=O) groups excluding carboxylic acids is 1. The smallest absolute Gasteiger partial charge is 0.416 e. The Bertz CT molecular complexity index is 1050. The first-order valence-electron chi connectivity index (χ1n) is 10.8. The minimum atomic E-state index is -4.39. The van der Waals surface area contributed by atoms with Gasteiger partial charge in [0.25, 0.3) is 5.91 Å². The molecule has 8 heteroatoms. The molecule has 0 saturated carbocycles. The molecular weight excluding hydrogens is 431 g/mol. The van der Waals surface area contributed by atoms with Crippen LogP contribution < -0.4 is 5.32 Å². The number of hydrogen-bond acceptors (Lipinski definition) is 4. The summed E-state index contributed by atoms with van der Waals surface area (Å²) in [6.07, 6.45) is -3.09. The summed E-state index contributed by atoms with van der Waals surface area (Å²) in [6.45, 7) is 7.02. The fourth-order valence-corrected chi connectivity index (χ4v) is 3.38. The van der Waals surface area contributed by atoms with Crippen molar-refractivity contribution in [2.24, 2.45) is 5.92 Å². The van der Waals surface area contributed by atoms with Crippen LogP contribution in [0.3, 0.4) is 0 Å². The molecule has 0 radical (unpaired) electrons. The van der Waals surface area contributed by atoms with Crippen LogP contribution in [-0.2, 0) is 25.8 Å². The second-order valence-corrected chi connectivity index (χ2v) is 8.38. The summed E-state index contributed by atoms with van der Waals surface area (Å²) in [5, 5.41) is 2.80. The predicted molar refractivity (Wildman–Crippen MR) is 119 cm³/mol. The highest BCUT2D eigenvalue weighted by Crippen LogP contribution is 2.30. The number of hydrogen-bond donors (Lipinski definition) is 1. The van der Waals surface area contributed by atoms with Gasteiger partial charge in [0, 0.05) is 19.1 Å². The summed E-state index contributed by atoms with van der Waals surface area (Å²) >= 11 is 0. The maximum Gasteiger partial charge on any atom is 0.416 e. The van der Waals surface area contributed by atoms with Crippen molar-refractivity contribution in [3.63, 3.8) is 0 Å². The number of halogens is 3. The summed E-state index contributed by atoms with van der Waals surface area (Å²) in [5.41, 5.74) is 1.00. The lowest BCUT2D eigenvalue weighted by Crippen LogP contribution is -2.36. The summed E-state index contributed by atoms with van der Waals surface area (Å²) in [7, 11) is 0. The summed E-state index contributed by atoms with van der Waals surface area (Å²) in [4.78, 5) is 18.7. The average molecular weight is 460 g/mol. The monoisotopic (exact) mass is 459 g/mol. The molecule has 1 heterocycles. The highest BCUT2D eigenvalue weighted by atomic mass is 19.4. The van der Waals surface area contributed by atoms with Crippen LogP contribution in [0, 0.1) is 5.92 Å². The Balaban J connectivity index is 1.70. The number of oxazole rings is 1. The molecule has 0 aliphatic heterocycles. The maximum atomic E-state index is 13.1. The van der Waals surface area contributed by atoms with Crippen LogP contribution in [0.25, 0.3) is 0 Å². The van der Waals surface area contributed by atoms with E-state index in [-0.39, 0.29) is 30.1 Å². The molecule has 176 valence electrons.